The van der Waals surface area contributed by atoms with E-state index in [2.05, 4.69) is 13.0 Å². The Morgan fingerprint density at radius 2 is 2.03 bits per heavy atom. The van der Waals surface area contributed by atoms with Gasteiger partial charge in [0, 0.05) is 4.88 Å². The van der Waals surface area contributed by atoms with E-state index >= 15 is 0 Å². The zero-order valence-corrected chi connectivity index (χ0v) is 18.7. The molecule has 0 amide bonds. The molecule has 2 saturated carbocycles. The molecule has 2 aliphatic rings. The predicted octanol–water partition coefficient (Wildman–Crippen LogP) is 5.02. The molecule has 2 aliphatic carbocycles. The first kappa shape index (κ1) is 23.2. The molecule has 5 nitrogen and oxygen atoms in total. The normalized spacial score (nSPS) is 28.6. The van der Waals surface area contributed by atoms with E-state index in [4.69, 9.17) is 5.11 Å². The van der Waals surface area contributed by atoms with Crippen molar-refractivity contribution < 1.29 is 20.1 Å². The molecule has 0 saturated heterocycles. The van der Waals surface area contributed by atoms with Crippen LogP contribution < -0.4 is 0 Å². The van der Waals surface area contributed by atoms with Crippen molar-refractivity contribution in [3.05, 3.63) is 21.9 Å². The molecule has 3 rings (SSSR count). The first-order valence-electron chi connectivity index (χ1n) is 11.5. The Morgan fingerprint density at radius 1 is 1.30 bits per heavy atom. The number of carboxylic acid groups (broad SMARTS) is 1. The minimum Gasteiger partial charge on any atom is -0.477 e. The molecule has 1 aromatic rings. The maximum absolute atomic E-state index is 11.0. The number of thiophene rings is 1. The molecule has 30 heavy (non-hydrogen) atoms. The first-order chi connectivity index (χ1) is 14.4. The van der Waals surface area contributed by atoms with Gasteiger partial charge in [-0.3, -0.25) is 0 Å². The van der Waals surface area contributed by atoms with Gasteiger partial charge >= 0.3 is 5.97 Å². The number of hydrogen-bond acceptors (Lipinski definition) is 5. The van der Waals surface area contributed by atoms with E-state index in [1.165, 1.54) is 17.8 Å². The van der Waals surface area contributed by atoms with Crippen LogP contribution in [0.5, 0.6) is 0 Å². The van der Waals surface area contributed by atoms with E-state index in [9.17, 15) is 20.3 Å². The predicted molar refractivity (Wildman–Crippen MR) is 117 cm³/mol. The van der Waals surface area contributed by atoms with Crippen molar-refractivity contribution in [1.82, 2.24) is 0 Å². The van der Waals surface area contributed by atoms with Gasteiger partial charge < -0.3 is 15.3 Å². The van der Waals surface area contributed by atoms with Gasteiger partial charge in [0.15, 0.2) is 0 Å². The number of aryl methyl sites for hydroxylation is 1. The van der Waals surface area contributed by atoms with Gasteiger partial charge in [-0.25, -0.2) is 4.79 Å². The minimum atomic E-state index is -0.885. The molecule has 5 atom stereocenters. The van der Waals surface area contributed by atoms with Crippen molar-refractivity contribution >= 4 is 17.3 Å². The van der Waals surface area contributed by atoms with Crippen LogP contribution in [-0.4, -0.2) is 33.5 Å². The largest absolute Gasteiger partial charge is 0.477 e. The lowest BCUT2D eigenvalue weighted by Crippen LogP contribution is -2.40. The molecule has 1 unspecified atom stereocenters. The number of aliphatic hydroxyl groups is 2. The van der Waals surface area contributed by atoms with Crippen molar-refractivity contribution in [1.29, 1.82) is 5.26 Å². The second kappa shape index (κ2) is 10.3. The minimum absolute atomic E-state index is 0.110. The maximum Gasteiger partial charge on any atom is 0.345 e. The molecule has 0 spiro atoms. The van der Waals surface area contributed by atoms with E-state index in [0.29, 0.717) is 11.3 Å². The molecule has 0 radical (unpaired) electrons. The Balaban J connectivity index is 1.50. The topological polar surface area (TPSA) is 102 Å². The highest BCUT2D eigenvalue weighted by molar-refractivity contribution is 7.13. The number of carboxylic acids is 1. The summed E-state index contributed by atoms with van der Waals surface area (Å²) in [4.78, 5) is 12.5. The van der Waals surface area contributed by atoms with Crippen molar-refractivity contribution in [2.45, 2.75) is 89.8 Å². The van der Waals surface area contributed by atoms with Gasteiger partial charge in [0.1, 0.15) is 4.88 Å². The van der Waals surface area contributed by atoms with Crippen LogP contribution in [-0.2, 0) is 6.42 Å². The summed E-state index contributed by atoms with van der Waals surface area (Å²) >= 11 is 1.32. The molecule has 166 valence electrons. The summed E-state index contributed by atoms with van der Waals surface area (Å²) in [5.74, 6) is -0.686. The van der Waals surface area contributed by atoms with Gasteiger partial charge in [0.25, 0.3) is 0 Å². The molecular formula is C24H35NO4S. The molecule has 0 aliphatic heterocycles. The fraction of sp³-hybridized carbons (Fsp3) is 0.750. The van der Waals surface area contributed by atoms with Crippen LogP contribution in [0.3, 0.4) is 0 Å². The number of aliphatic hydroxyl groups excluding tert-OH is 2. The van der Waals surface area contributed by atoms with Crippen LogP contribution in [0, 0.1) is 34.5 Å². The van der Waals surface area contributed by atoms with Crippen LogP contribution in [0.2, 0.25) is 0 Å². The van der Waals surface area contributed by atoms with Crippen molar-refractivity contribution in [2.75, 3.05) is 0 Å². The Kier molecular flexibility index (Phi) is 7.95. The Labute approximate surface area is 183 Å². The second-order valence-corrected chi connectivity index (χ2v) is 10.5. The average Bonchev–Trinajstić information content (AvgIpc) is 3.27. The quantitative estimate of drug-likeness (QED) is 0.455. The fourth-order valence-electron chi connectivity index (χ4n) is 5.71. The lowest BCUT2D eigenvalue weighted by Gasteiger charge is -2.45. The number of hydrogen-bond donors (Lipinski definition) is 3. The Bertz CT molecular complexity index is 745. The van der Waals surface area contributed by atoms with Crippen LogP contribution in [0.15, 0.2) is 12.1 Å². The van der Waals surface area contributed by atoms with E-state index in [-0.39, 0.29) is 29.3 Å². The monoisotopic (exact) mass is 433 g/mol. The smallest absolute Gasteiger partial charge is 0.345 e. The van der Waals surface area contributed by atoms with E-state index in [0.717, 1.165) is 62.7 Å². The SMILES string of the molecule is CCC1(C(O)CCC[C@@H]2[C@@H](CCCc3ccc(C(=O)O)s3)[C@H](C#N)C[C@H]2O)CCC1. The number of rotatable bonds is 11. The standard InChI is InChI=1S/C24H35NO4S/c1-2-24(12-5-13-24)22(27)9-4-8-19-18(16(15-25)14-20(19)26)7-3-6-17-10-11-21(30-17)23(28)29/h10-11,16,18-20,22,26-27H,2-9,12-14H2,1H3,(H,28,29)/t16-,18-,19+,20+,22?/m0/s1. The summed E-state index contributed by atoms with van der Waals surface area (Å²) in [6, 6.07) is 5.94. The third-order valence-corrected chi connectivity index (χ3v) is 8.96. The highest BCUT2D eigenvalue weighted by Gasteiger charge is 2.43. The summed E-state index contributed by atoms with van der Waals surface area (Å²) in [5, 5.41) is 39.9. The summed E-state index contributed by atoms with van der Waals surface area (Å²) in [6.07, 6.45) is 9.51. The fourth-order valence-corrected chi connectivity index (χ4v) is 6.60. The lowest BCUT2D eigenvalue weighted by molar-refractivity contribution is -0.0444. The second-order valence-electron chi connectivity index (χ2n) is 9.35. The van der Waals surface area contributed by atoms with E-state index in [1.54, 1.807) is 6.07 Å². The van der Waals surface area contributed by atoms with Crippen LogP contribution in [0.1, 0.15) is 85.7 Å². The highest BCUT2D eigenvalue weighted by Crippen LogP contribution is 2.48. The van der Waals surface area contributed by atoms with Crippen LogP contribution >= 0.6 is 11.3 Å². The molecule has 1 aromatic heterocycles. The molecule has 6 heteroatoms. The van der Waals surface area contributed by atoms with Crippen molar-refractivity contribution in [3.63, 3.8) is 0 Å². The zero-order chi connectivity index (χ0) is 21.7. The number of aromatic carboxylic acids is 1. The summed E-state index contributed by atoms with van der Waals surface area (Å²) in [6.45, 7) is 2.17. The number of nitriles is 1. The Hall–Kier alpha value is -1.42. The van der Waals surface area contributed by atoms with Gasteiger partial charge in [0.2, 0.25) is 0 Å². The first-order valence-corrected chi connectivity index (χ1v) is 12.3. The third kappa shape index (κ3) is 5.07. The summed E-state index contributed by atoms with van der Waals surface area (Å²) in [5.41, 5.74) is 0.123. The van der Waals surface area contributed by atoms with Gasteiger partial charge in [0.05, 0.1) is 24.2 Å². The van der Waals surface area contributed by atoms with Crippen molar-refractivity contribution in [2.24, 2.45) is 23.2 Å². The molecule has 3 N–H and O–H groups in total. The van der Waals surface area contributed by atoms with Crippen LogP contribution in [0.25, 0.3) is 0 Å². The molecule has 2 fully saturated rings. The van der Waals surface area contributed by atoms with Crippen molar-refractivity contribution in [3.8, 4) is 6.07 Å². The Morgan fingerprint density at radius 3 is 2.60 bits per heavy atom. The molecule has 1 heterocycles. The summed E-state index contributed by atoms with van der Waals surface area (Å²) < 4.78 is 0. The molecule has 0 aromatic carbocycles. The van der Waals surface area contributed by atoms with Gasteiger partial charge in [-0.2, -0.15) is 5.26 Å². The summed E-state index contributed by atoms with van der Waals surface area (Å²) in [7, 11) is 0. The third-order valence-electron chi connectivity index (χ3n) is 7.83. The molecular weight excluding hydrogens is 398 g/mol. The van der Waals surface area contributed by atoms with Gasteiger partial charge in [-0.15, -0.1) is 11.3 Å². The highest BCUT2D eigenvalue weighted by atomic mass is 32.1. The average molecular weight is 434 g/mol. The maximum atomic E-state index is 11.0. The van der Waals surface area contributed by atoms with E-state index in [1.807, 2.05) is 6.07 Å². The zero-order valence-electron chi connectivity index (χ0n) is 17.9. The van der Waals surface area contributed by atoms with Crippen LogP contribution in [0.4, 0.5) is 0 Å². The van der Waals surface area contributed by atoms with E-state index < -0.39 is 12.1 Å². The number of nitrogens with zero attached hydrogens (tertiary/aromatic N) is 1. The number of carbonyl (C=O) groups is 1. The lowest BCUT2D eigenvalue weighted by atomic mass is 9.62. The molecule has 0 bridgehead atoms. The van der Waals surface area contributed by atoms with Gasteiger partial charge in [-0.1, -0.05) is 19.8 Å². The van der Waals surface area contributed by atoms with Gasteiger partial charge in [-0.05, 0) is 87.2 Å².